The van der Waals surface area contributed by atoms with Crippen molar-refractivity contribution in [3.63, 3.8) is 0 Å². The smallest absolute Gasteiger partial charge is 0.154 e. The third-order valence-corrected chi connectivity index (χ3v) is 2.03. The Labute approximate surface area is 82.6 Å². The second-order valence-electron chi connectivity index (χ2n) is 2.97. The molecular formula is C11H11NO2. The number of rotatable bonds is 3. The van der Waals surface area contributed by atoms with Gasteiger partial charge in [0.05, 0.1) is 6.07 Å². The summed E-state index contributed by atoms with van der Waals surface area (Å²) in [5.74, 6) is -0.673. The molecule has 0 aromatic heterocycles. The maximum atomic E-state index is 11.3. The van der Waals surface area contributed by atoms with Crippen molar-refractivity contribution < 1.29 is 9.90 Å². The van der Waals surface area contributed by atoms with E-state index in [9.17, 15) is 4.79 Å². The lowest BCUT2D eigenvalue weighted by Crippen LogP contribution is -2.08. The quantitative estimate of drug-likeness (QED) is 0.790. The molecule has 0 spiro atoms. The van der Waals surface area contributed by atoms with Crippen LogP contribution >= 0.6 is 0 Å². The number of aromatic hydroxyl groups is 1. The van der Waals surface area contributed by atoms with Crippen molar-refractivity contribution in [2.45, 2.75) is 19.3 Å². The predicted octanol–water partition coefficient (Wildman–Crippen LogP) is 1.98. The van der Waals surface area contributed by atoms with E-state index in [4.69, 9.17) is 10.4 Å². The van der Waals surface area contributed by atoms with Crippen LogP contribution in [0.1, 0.15) is 24.8 Å². The molecule has 1 atom stereocenters. The van der Waals surface area contributed by atoms with Gasteiger partial charge in [-0.2, -0.15) is 5.26 Å². The highest BCUT2D eigenvalue weighted by atomic mass is 16.3. The maximum Gasteiger partial charge on any atom is 0.154 e. The standard InChI is InChI=1S/C11H11NO2/c1-2-11(14)10(7-12)8-3-5-9(13)6-4-8/h3-6,10,13H,2H2,1H3. The van der Waals surface area contributed by atoms with E-state index in [0.717, 1.165) is 0 Å². The number of phenolic OH excluding ortho intramolecular Hbond substituents is 1. The van der Waals surface area contributed by atoms with Crippen molar-refractivity contribution in [3.05, 3.63) is 29.8 Å². The van der Waals surface area contributed by atoms with Gasteiger partial charge in [-0.25, -0.2) is 0 Å². The minimum absolute atomic E-state index is 0.0989. The fourth-order valence-corrected chi connectivity index (χ4v) is 1.20. The number of hydrogen-bond acceptors (Lipinski definition) is 3. The lowest BCUT2D eigenvalue weighted by atomic mass is 9.95. The third-order valence-electron chi connectivity index (χ3n) is 2.03. The fraction of sp³-hybridized carbons (Fsp3) is 0.273. The Morgan fingerprint density at radius 2 is 2.07 bits per heavy atom. The summed E-state index contributed by atoms with van der Waals surface area (Å²) in [6.07, 6.45) is 0.346. The molecule has 1 rings (SSSR count). The molecule has 0 heterocycles. The molecule has 14 heavy (non-hydrogen) atoms. The van der Waals surface area contributed by atoms with Crippen LogP contribution in [0.4, 0.5) is 0 Å². The molecule has 3 nitrogen and oxygen atoms in total. The molecule has 1 aromatic carbocycles. The van der Waals surface area contributed by atoms with Crippen molar-refractivity contribution in [3.8, 4) is 11.8 Å². The number of carbonyl (C=O) groups is 1. The fourth-order valence-electron chi connectivity index (χ4n) is 1.20. The first-order valence-corrected chi connectivity index (χ1v) is 4.40. The predicted molar refractivity (Wildman–Crippen MR) is 51.8 cm³/mol. The zero-order valence-corrected chi connectivity index (χ0v) is 7.90. The van der Waals surface area contributed by atoms with Crippen LogP contribution in [0, 0.1) is 11.3 Å². The summed E-state index contributed by atoms with van der Waals surface area (Å²) in [6, 6.07) is 8.10. The molecule has 0 fully saturated rings. The summed E-state index contributed by atoms with van der Waals surface area (Å²) < 4.78 is 0. The van der Waals surface area contributed by atoms with Gasteiger partial charge in [-0.05, 0) is 17.7 Å². The van der Waals surface area contributed by atoms with Crippen LogP contribution in [0.3, 0.4) is 0 Å². The molecule has 3 heteroatoms. The average molecular weight is 189 g/mol. The highest BCUT2D eigenvalue weighted by Gasteiger charge is 2.17. The minimum Gasteiger partial charge on any atom is -0.508 e. The van der Waals surface area contributed by atoms with E-state index in [2.05, 4.69) is 0 Å². The van der Waals surface area contributed by atoms with Crippen LogP contribution < -0.4 is 0 Å². The highest BCUT2D eigenvalue weighted by Crippen LogP contribution is 2.20. The number of Topliss-reactive ketones (excluding diaryl/α,β-unsaturated/α-hetero) is 1. The number of benzene rings is 1. The van der Waals surface area contributed by atoms with E-state index in [1.54, 1.807) is 19.1 Å². The van der Waals surface area contributed by atoms with Crippen molar-refractivity contribution >= 4 is 5.78 Å². The number of carbonyl (C=O) groups excluding carboxylic acids is 1. The van der Waals surface area contributed by atoms with E-state index in [1.165, 1.54) is 12.1 Å². The Balaban J connectivity index is 2.97. The molecule has 0 saturated carbocycles. The van der Waals surface area contributed by atoms with Crippen LogP contribution in [-0.4, -0.2) is 10.9 Å². The minimum atomic E-state index is -0.708. The number of phenols is 1. The number of ketones is 1. The number of hydrogen-bond donors (Lipinski definition) is 1. The van der Waals surface area contributed by atoms with Crippen LogP contribution in [0.15, 0.2) is 24.3 Å². The van der Waals surface area contributed by atoms with Crippen LogP contribution in [-0.2, 0) is 4.79 Å². The third kappa shape index (κ3) is 2.11. The van der Waals surface area contributed by atoms with Crippen LogP contribution in [0.5, 0.6) is 5.75 Å². The summed E-state index contributed by atoms with van der Waals surface area (Å²) in [5.41, 5.74) is 0.636. The monoisotopic (exact) mass is 189 g/mol. The molecule has 0 saturated heterocycles. The Morgan fingerprint density at radius 3 is 2.50 bits per heavy atom. The van der Waals surface area contributed by atoms with E-state index in [0.29, 0.717) is 12.0 Å². The molecule has 0 radical (unpaired) electrons. The Hall–Kier alpha value is -1.82. The molecule has 1 unspecified atom stereocenters. The van der Waals surface area contributed by atoms with Gasteiger partial charge in [-0.15, -0.1) is 0 Å². The largest absolute Gasteiger partial charge is 0.508 e. The zero-order valence-electron chi connectivity index (χ0n) is 7.90. The molecule has 0 aliphatic rings. The Morgan fingerprint density at radius 1 is 1.50 bits per heavy atom. The molecule has 0 aliphatic carbocycles. The van der Waals surface area contributed by atoms with Crippen LogP contribution in [0.25, 0.3) is 0 Å². The van der Waals surface area contributed by atoms with Gasteiger partial charge in [0.2, 0.25) is 0 Å². The molecule has 72 valence electrons. The number of nitriles is 1. The first-order chi connectivity index (χ1) is 6.69. The van der Waals surface area contributed by atoms with E-state index in [1.807, 2.05) is 6.07 Å². The van der Waals surface area contributed by atoms with Gasteiger partial charge in [0.15, 0.2) is 5.78 Å². The summed E-state index contributed by atoms with van der Waals surface area (Å²) >= 11 is 0. The van der Waals surface area contributed by atoms with E-state index in [-0.39, 0.29) is 11.5 Å². The van der Waals surface area contributed by atoms with Crippen molar-refractivity contribution in [2.75, 3.05) is 0 Å². The summed E-state index contributed by atoms with van der Waals surface area (Å²) in [7, 11) is 0. The zero-order chi connectivity index (χ0) is 10.6. The SMILES string of the molecule is CCC(=O)C(C#N)c1ccc(O)cc1. The summed E-state index contributed by atoms with van der Waals surface area (Å²) in [4.78, 5) is 11.3. The first-order valence-electron chi connectivity index (χ1n) is 4.40. The molecule has 0 amide bonds. The second kappa shape index (κ2) is 4.43. The van der Waals surface area contributed by atoms with E-state index < -0.39 is 5.92 Å². The van der Waals surface area contributed by atoms with Crippen LogP contribution in [0.2, 0.25) is 0 Å². The van der Waals surface area contributed by atoms with Gasteiger partial charge in [0.25, 0.3) is 0 Å². The molecule has 0 bridgehead atoms. The average Bonchev–Trinajstić information content (AvgIpc) is 2.21. The Kier molecular flexibility index (Phi) is 3.24. The first kappa shape index (κ1) is 10.3. The topological polar surface area (TPSA) is 61.1 Å². The Bertz CT molecular complexity index is 362. The summed E-state index contributed by atoms with van der Waals surface area (Å²) in [5, 5.41) is 17.9. The lowest BCUT2D eigenvalue weighted by Gasteiger charge is -2.06. The van der Waals surface area contributed by atoms with Crippen molar-refractivity contribution in [1.29, 1.82) is 5.26 Å². The van der Waals surface area contributed by atoms with E-state index >= 15 is 0 Å². The van der Waals surface area contributed by atoms with Crippen molar-refractivity contribution in [2.24, 2.45) is 0 Å². The molecule has 1 N–H and O–H groups in total. The van der Waals surface area contributed by atoms with Gasteiger partial charge in [0.1, 0.15) is 11.7 Å². The van der Waals surface area contributed by atoms with Gasteiger partial charge in [0, 0.05) is 6.42 Å². The number of nitrogens with zero attached hydrogens (tertiary/aromatic N) is 1. The van der Waals surface area contributed by atoms with Crippen molar-refractivity contribution in [1.82, 2.24) is 0 Å². The molecule has 0 aliphatic heterocycles. The van der Waals surface area contributed by atoms with Gasteiger partial charge < -0.3 is 5.11 Å². The molecular weight excluding hydrogens is 178 g/mol. The normalized spacial score (nSPS) is 11.7. The highest BCUT2D eigenvalue weighted by molar-refractivity contribution is 5.88. The van der Waals surface area contributed by atoms with Gasteiger partial charge >= 0.3 is 0 Å². The molecule has 1 aromatic rings. The summed E-state index contributed by atoms with van der Waals surface area (Å²) in [6.45, 7) is 1.73. The second-order valence-corrected chi connectivity index (χ2v) is 2.97. The lowest BCUT2D eigenvalue weighted by molar-refractivity contribution is -0.119. The van der Waals surface area contributed by atoms with Gasteiger partial charge in [-0.1, -0.05) is 19.1 Å². The maximum absolute atomic E-state index is 11.3. The van der Waals surface area contributed by atoms with Gasteiger partial charge in [-0.3, -0.25) is 4.79 Å².